The molecule has 1 aliphatic rings. The summed E-state index contributed by atoms with van der Waals surface area (Å²) in [5.41, 5.74) is 3.46. The van der Waals surface area contributed by atoms with E-state index in [4.69, 9.17) is 0 Å². The van der Waals surface area contributed by atoms with E-state index >= 15 is 0 Å². The molecule has 4 heteroatoms. The minimum Gasteiger partial charge on any atom is -0.382 e. The van der Waals surface area contributed by atoms with Gasteiger partial charge < -0.3 is 10.6 Å². The number of amides is 1. The summed E-state index contributed by atoms with van der Waals surface area (Å²) in [6.07, 6.45) is 1.28. The fourth-order valence-corrected chi connectivity index (χ4v) is 3.61. The van der Waals surface area contributed by atoms with Crippen molar-refractivity contribution < 1.29 is 4.79 Å². The summed E-state index contributed by atoms with van der Waals surface area (Å²) in [6, 6.07) is 16.7. The smallest absolute Gasteiger partial charge is 0.220 e. The second kappa shape index (κ2) is 7.39. The van der Waals surface area contributed by atoms with E-state index in [0.29, 0.717) is 18.4 Å². The van der Waals surface area contributed by atoms with Crippen molar-refractivity contribution in [1.82, 2.24) is 5.32 Å². The van der Waals surface area contributed by atoms with Gasteiger partial charge in [0.15, 0.2) is 0 Å². The first-order valence-corrected chi connectivity index (χ1v) is 9.23. The molecule has 0 aliphatic carbocycles. The lowest BCUT2D eigenvalue weighted by atomic mass is 9.84. The molecule has 0 spiro atoms. The van der Waals surface area contributed by atoms with Crippen molar-refractivity contribution in [3.05, 3.63) is 64.1 Å². The van der Waals surface area contributed by atoms with E-state index < -0.39 is 0 Å². The van der Waals surface area contributed by atoms with E-state index in [1.165, 1.54) is 5.56 Å². The Morgan fingerprint density at radius 3 is 2.67 bits per heavy atom. The molecule has 24 heavy (non-hydrogen) atoms. The summed E-state index contributed by atoms with van der Waals surface area (Å²) >= 11 is 3.54. The van der Waals surface area contributed by atoms with Crippen LogP contribution >= 0.6 is 15.9 Å². The normalized spacial score (nSPS) is 22.4. The average molecular weight is 387 g/mol. The molecule has 0 aromatic heterocycles. The molecule has 0 radical (unpaired) electrons. The number of carbonyl (C=O) groups excluding carboxylic acids is 1. The fraction of sp³-hybridized carbons (Fsp3) is 0.350. The third-order valence-electron chi connectivity index (χ3n) is 4.85. The highest BCUT2D eigenvalue weighted by atomic mass is 79.9. The van der Waals surface area contributed by atoms with Crippen LogP contribution in [0.2, 0.25) is 0 Å². The number of carbonyl (C=O) groups is 1. The van der Waals surface area contributed by atoms with Crippen molar-refractivity contribution >= 4 is 27.5 Å². The van der Waals surface area contributed by atoms with Crippen molar-refractivity contribution in [1.29, 1.82) is 0 Å². The number of rotatable bonds is 4. The quantitative estimate of drug-likeness (QED) is 0.799. The predicted octanol–water partition coefficient (Wildman–Crippen LogP) is 4.69. The minimum atomic E-state index is 0.0389. The summed E-state index contributed by atoms with van der Waals surface area (Å²) in [6.45, 7) is 4.35. The molecule has 3 rings (SSSR count). The van der Waals surface area contributed by atoms with Gasteiger partial charge in [0.1, 0.15) is 0 Å². The number of fused-ring (bicyclic) bond motifs is 1. The van der Waals surface area contributed by atoms with Crippen molar-refractivity contribution in [3.8, 4) is 0 Å². The molecule has 0 saturated heterocycles. The molecule has 0 fully saturated rings. The first-order chi connectivity index (χ1) is 11.5. The molecule has 2 N–H and O–H groups in total. The van der Waals surface area contributed by atoms with E-state index in [2.05, 4.69) is 64.7 Å². The van der Waals surface area contributed by atoms with Crippen LogP contribution < -0.4 is 10.6 Å². The Balaban J connectivity index is 1.71. The molecule has 3 atom stereocenters. The van der Waals surface area contributed by atoms with Gasteiger partial charge in [0.05, 0.1) is 6.04 Å². The van der Waals surface area contributed by atoms with Gasteiger partial charge in [0.2, 0.25) is 5.91 Å². The van der Waals surface area contributed by atoms with Crippen molar-refractivity contribution in [2.45, 2.75) is 38.8 Å². The average Bonchev–Trinajstić information content (AvgIpc) is 2.59. The molecule has 0 saturated carbocycles. The number of aryl methyl sites for hydroxylation is 1. The minimum absolute atomic E-state index is 0.0389. The zero-order chi connectivity index (χ0) is 17.1. The molecule has 2 aromatic rings. The van der Waals surface area contributed by atoms with Gasteiger partial charge in [-0.05, 0) is 42.7 Å². The van der Waals surface area contributed by atoms with Gasteiger partial charge in [-0.25, -0.2) is 0 Å². The van der Waals surface area contributed by atoms with E-state index in [-0.39, 0.29) is 11.9 Å². The summed E-state index contributed by atoms with van der Waals surface area (Å²) in [4.78, 5) is 12.5. The van der Waals surface area contributed by atoms with E-state index in [1.807, 2.05) is 24.3 Å². The van der Waals surface area contributed by atoms with Crippen LogP contribution in [0.15, 0.2) is 53.0 Å². The molecule has 1 amide bonds. The number of anilines is 1. The third-order valence-corrected chi connectivity index (χ3v) is 5.34. The highest BCUT2D eigenvalue weighted by Crippen LogP contribution is 2.38. The van der Waals surface area contributed by atoms with Gasteiger partial charge in [0, 0.05) is 28.5 Å². The summed E-state index contributed by atoms with van der Waals surface area (Å²) in [7, 11) is 0. The lowest BCUT2D eigenvalue weighted by Gasteiger charge is -2.38. The maximum atomic E-state index is 12.5. The van der Waals surface area contributed by atoms with Crippen LogP contribution in [-0.4, -0.2) is 11.9 Å². The van der Waals surface area contributed by atoms with Crippen LogP contribution in [-0.2, 0) is 11.2 Å². The van der Waals surface area contributed by atoms with Gasteiger partial charge in [0.25, 0.3) is 0 Å². The number of hydrogen-bond donors (Lipinski definition) is 2. The molecule has 1 aliphatic heterocycles. The highest BCUT2D eigenvalue weighted by molar-refractivity contribution is 9.10. The predicted molar refractivity (Wildman–Crippen MR) is 102 cm³/mol. The van der Waals surface area contributed by atoms with Crippen LogP contribution in [0.1, 0.15) is 37.4 Å². The van der Waals surface area contributed by atoms with Gasteiger partial charge in [-0.15, -0.1) is 0 Å². The summed E-state index contributed by atoms with van der Waals surface area (Å²) in [5.74, 6) is 0.434. The molecule has 1 heterocycles. The van der Waals surface area contributed by atoms with Crippen LogP contribution in [0.5, 0.6) is 0 Å². The topological polar surface area (TPSA) is 41.1 Å². The van der Waals surface area contributed by atoms with Crippen molar-refractivity contribution in [3.63, 3.8) is 0 Å². The largest absolute Gasteiger partial charge is 0.382 e. The number of nitrogens with one attached hydrogen (secondary N) is 2. The lowest BCUT2D eigenvalue weighted by Crippen LogP contribution is -2.42. The Labute approximate surface area is 152 Å². The van der Waals surface area contributed by atoms with Crippen LogP contribution in [0.4, 0.5) is 5.69 Å². The SMILES string of the molecule is C[C@H]1[C@H](C)Nc2ccc(Br)cc2[C@@H]1NC(=O)CCc1ccccc1. The first-order valence-electron chi connectivity index (χ1n) is 8.44. The second-order valence-corrected chi connectivity index (χ2v) is 7.47. The van der Waals surface area contributed by atoms with Gasteiger partial charge in [-0.2, -0.15) is 0 Å². The Morgan fingerprint density at radius 1 is 1.17 bits per heavy atom. The number of benzene rings is 2. The van der Waals surface area contributed by atoms with Gasteiger partial charge in [-0.3, -0.25) is 4.79 Å². The van der Waals surface area contributed by atoms with E-state index in [1.54, 1.807) is 0 Å². The molecular weight excluding hydrogens is 364 g/mol. The molecular formula is C20H23BrN2O. The molecule has 3 nitrogen and oxygen atoms in total. The lowest BCUT2D eigenvalue weighted by molar-refractivity contribution is -0.122. The highest BCUT2D eigenvalue weighted by Gasteiger charge is 2.32. The summed E-state index contributed by atoms with van der Waals surface area (Å²) < 4.78 is 1.04. The maximum absolute atomic E-state index is 12.5. The number of hydrogen-bond acceptors (Lipinski definition) is 2. The fourth-order valence-electron chi connectivity index (χ4n) is 3.23. The standard InChI is InChI=1S/C20H23BrN2O/c1-13-14(2)22-18-10-9-16(21)12-17(18)20(13)23-19(24)11-8-15-6-4-3-5-7-15/h3-7,9-10,12-14,20,22H,8,11H2,1-2H3,(H,23,24)/t13-,14-,20+/m0/s1. The van der Waals surface area contributed by atoms with Crippen LogP contribution in [0, 0.1) is 5.92 Å². The van der Waals surface area contributed by atoms with Crippen molar-refractivity contribution in [2.75, 3.05) is 5.32 Å². The zero-order valence-corrected chi connectivity index (χ0v) is 15.6. The monoisotopic (exact) mass is 386 g/mol. The van der Waals surface area contributed by atoms with Gasteiger partial charge >= 0.3 is 0 Å². The van der Waals surface area contributed by atoms with E-state index in [0.717, 1.165) is 22.1 Å². The zero-order valence-electron chi connectivity index (χ0n) is 14.1. The molecule has 2 aromatic carbocycles. The Morgan fingerprint density at radius 2 is 1.92 bits per heavy atom. The van der Waals surface area contributed by atoms with E-state index in [9.17, 15) is 4.79 Å². The Kier molecular flexibility index (Phi) is 5.24. The van der Waals surface area contributed by atoms with Crippen molar-refractivity contribution in [2.24, 2.45) is 5.92 Å². The molecule has 126 valence electrons. The van der Waals surface area contributed by atoms with Gasteiger partial charge in [-0.1, -0.05) is 53.2 Å². The molecule has 0 unspecified atom stereocenters. The Hall–Kier alpha value is -1.81. The third kappa shape index (κ3) is 3.81. The second-order valence-electron chi connectivity index (χ2n) is 6.55. The van der Waals surface area contributed by atoms with Crippen LogP contribution in [0.25, 0.3) is 0 Å². The maximum Gasteiger partial charge on any atom is 0.220 e. The Bertz CT molecular complexity index is 717. The number of halogens is 1. The molecule has 0 bridgehead atoms. The summed E-state index contributed by atoms with van der Waals surface area (Å²) in [5, 5.41) is 6.78. The first kappa shape index (κ1) is 17.0. The van der Waals surface area contributed by atoms with Crippen LogP contribution in [0.3, 0.4) is 0 Å².